The topological polar surface area (TPSA) is 0 Å². The highest BCUT2D eigenvalue weighted by atomic mass is 14.1. The zero-order chi connectivity index (χ0) is 59.8. The Labute approximate surface area is 504 Å². The van der Waals surface area contributed by atoms with Gasteiger partial charge in [-0.1, -0.05) is 336 Å². The van der Waals surface area contributed by atoms with Gasteiger partial charge in [-0.2, -0.15) is 0 Å². The summed E-state index contributed by atoms with van der Waals surface area (Å²) in [6.45, 7) is 25.5. The Bertz CT molecular complexity index is 3800. The van der Waals surface area contributed by atoms with E-state index in [9.17, 15) is 0 Å². The summed E-state index contributed by atoms with van der Waals surface area (Å²) in [6, 6.07) is 103. The minimum absolute atomic E-state index is 1.29. The highest BCUT2D eigenvalue weighted by molar-refractivity contribution is 5.71. The van der Waals surface area contributed by atoms with Gasteiger partial charge in [-0.15, -0.1) is 0 Å². The number of hydrogen-bond donors (Lipinski definition) is 0. The summed E-state index contributed by atoms with van der Waals surface area (Å²) in [5.74, 6) is 0. The molecule has 0 fully saturated rings. The zero-order valence-corrected chi connectivity index (χ0v) is 51.7. The van der Waals surface area contributed by atoms with Crippen LogP contribution in [0.15, 0.2) is 291 Å². The van der Waals surface area contributed by atoms with Gasteiger partial charge < -0.3 is 0 Å². The molecule has 12 aromatic rings. The predicted molar refractivity (Wildman–Crippen MR) is 368 cm³/mol. The summed E-state index contributed by atoms with van der Waals surface area (Å²) >= 11 is 0. The van der Waals surface area contributed by atoms with Crippen molar-refractivity contribution in [2.45, 2.75) is 83.1 Å². The Morgan fingerprint density at radius 1 is 0.131 bits per heavy atom. The third-order valence-electron chi connectivity index (χ3n) is 14.8. The minimum atomic E-state index is 1.29. The van der Waals surface area contributed by atoms with Gasteiger partial charge in [0.25, 0.3) is 0 Å². The Hall–Kier alpha value is -9.36. The van der Waals surface area contributed by atoms with Crippen LogP contribution in [-0.2, 0) is 0 Å². The van der Waals surface area contributed by atoms with Crippen LogP contribution in [0.5, 0.6) is 0 Å². The van der Waals surface area contributed by atoms with Gasteiger partial charge in [-0.25, -0.2) is 0 Å². The summed E-state index contributed by atoms with van der Waals surface area (Å²) in [6.07, 6.45) is 0. The maximum Gasteiger partial charge on any atom is -0.0152 e. The number of rotatable bonds is 6. The van der Waals surface area contributed by atoms with Crippen LogP contribution in [0.25, 0.3) is 66.8 Å². The van der Waals surface area contributed by atoms with Crippen LogP contribution in [-0.4, -0.2) is 0 Å². The monoisotopic (exact) mass is 1090 g/mol. The minimum Gasteiger partial charge on any atom is -0.0620 e. The molecule has 0 heteroatoms. The fourth-order valence-corrected chi connectivity index (χ4v) is 9.80. The highest BCUT2D eigenvalue weighted by Gasteiger charge is 2.04. The lowest BCUT2D eigenvalue weighted by Gasteiger charge is -2.08. The maximum atomic E-state index is 2.22. The van der Waals surface area contributed by atoms with Gasteiger partial charge >= 0.3 is 0 Å². The molecule has 0 atom stereocenters. The Balaban J connectivity index is 0.000000145. The van der Waals surface area contributed by atoms with E-state index in [-0.39, 0.29) is 0 Å². The standard InChI is InChI=1S/6C14H14/c1-11-3-7-13(8-4-11)14-9-5-12(2)6-10-14;1-11-5-3-7-13(9-11)14-8-4-6-12(2)10-14;1-11-7-3-5-9-13(11)14-10-6-4-8-12(14)2;1-11-6-5-8-13(10-11)14-9-4-3-7-12(14)2;1-11-6-8-13(9-7-11)14-5-3-4-12(2)10-14;1-11-7-9-13(10-8-11)14-6-4-3-5-12(14)2/h6*3-10H,1-2H3. The van der Waals surface area contributed by atoms with E-state index >= 15 is 0 Å². The van der Waals surface area contributed by atoms with Crippen LogP contribution in [0.4, 0.5) is 0 Å². The first-order valence-corrected chi connectivity index (χ1v) is 29.4. The van der Waals surface area contributed by atoms with Crippen molar-refractivity contribution < 1.29 is 0 Å². The average molecular weight is 1090 g/mol. The van der Waals surface area contributed by atoms with E-state index in [2.05, 4.69) is 374 Å². The molecule has 420 valence electrons. The molecule has 0 amide bonds. The van der Waals surface area contributed by atoms with Crippen molar-refractivity contribution in [1.29, 1.82) is 0 Å². The first kappa shape index (κ1) is 62.2. The molecule has 0 saturated heterocycles. The molecule has 0 aliphatic carbocycles. The second-order valence-corrected chi connectivity index (χ2v) is 22.2. The van der Waals surface area contributed by atoms with Crippen molar-refractivity contribution >= 4 is 0 Å². The van der Waals surface area contributed by atoms with Crippen LogP contribution in [0, 0.1) is 83.1 Å². The number of aryl methyl sites for hydroxylation is 12. The van der Waals surface area contributed by atoms with Crippen molar-refractivity contribution in [3.05, 3.63) is 358 Å². The smallest absolute Gasteiger partial charge is 0.0152 e. The van der Waals surface area contributed by atoms with Crippen LogP contribution in [0.2, 0.25) is 0 Å². The molecule has 12 rings (SSSR count). The predicted octanol–water partition coefficient (Wildman–Crippen LogP) is 23.8. The molecule has 0 saturated carbocycles. The van der Waals surface area contributed by atoms with Gasteiger partial charge in [0.15, 0.2) is 0 Å². The number of benzene rings is 12. The van der Waals surface area contributed by atoms with E-state index in [1.54, 1.807) is 0 Å². The molecule has 12 aromatic carbocycles. The van der Waals surface area contributed by atoms with E-state index in [1.165, 1.54) is 134 Å². The van der Waals surface area contributed by atoms with Crippen molar-refractivity contribution in [2.75, 3.05) is 0 Å². The van der Waals surface area contributed by atoms with Gasteiger partial charge in [0.05, 0.1) is 0 Å². The van der Waals surface area contributed by atoms with Crippen LogP contribution >= 0.6 is 0 Å². The van der Waals surface area contributed by atoms with Crippen molar-refractivity contribution in [3.63, 3.8) is 0 Å². The number of hydrogen-bond acceptors (Lipinski definition) is 0. The summed E-state index contributed by atoms with van der Waals surface area (Å²) in [7, 11) is 0. The fraction of sp³-hybridized carbons (Fsp3) is 0.143. The SMILES string of the molecule is Cc1ccc(-c2ccc(C)cc2)cc1.Cc1ccc(-c2cccc(C)c2)cc1.Cc1ccc(-c2ccccc2C)cc1.Cc1cccc(-c2cccc(C)c2)c1.Cc1cccc(-c2ccccc2C)c1.Cc1ccccc1-c1ccccc1C. The Morgan fingerprint density at radius 2 is 0.345 bits per heavy atom. The molecule has 0 aliphatic heterocycles. The zero-order valence-electron chi connectivity index (χ0n) is 51.7. The van der Waals surface area contributed by atoms with E-state index in [4.69, 9.17) is 0 Å². The normalized spacial score (nSPS) is 10.1. The highest BCUT2D eigenvalue weighted by Crippen LogP contribution is 2.28. The lowest BCUT2D eigenvalue weighted by Crippen LogP contribution is -1.85. The molecule has 0 bridgehead atoms. The van der Waals surface area contributed by atoms with Gasteiger partial charge in [0.2, 0.25) is 0 Å². The van der Waals surface area contributed by atoms with Crippen LogP contribution < -0.4 is 0 Å². The molecular formula is C84H84. The Morgan fingerprint density at radius 3 is 0.631 bits per heavy atom. The molecular weight excluding hydrogens is 1010 g/mol. The van der Waals surface area contributed by atoms with Crippen LogP contribution in [0.1, 0.15) is 66.8 Å². The lowest BCUT2D eigenvalue weighted by atomic mass is 9.97. The molecule has 0 nitrogen and oxygen atoms in total. The lowest BCUT2D eigenvalue weighted by molar-refractivity contribution is 1.41. The van der Waals surface area contributed by atoms with Crippen molar-refractivity contribution in [1.82, 2.24) is 0 Å². The van der Waals surface area contributed by atoms with Crippen molar-refractivity contribution in [3.8, 4) is 66.8 Å². The summed E-state index contributed by atoms with van der Waals surface area (Å²) in [4.78, 5) is 0. The molecule has 84 heavy (non-hydrogen) atoms. The first-order valence-electron chi connectivity index (χ1n) is 29.4. The van der Waals surface area contributed by atoms with Gasteiger partial charge in [0, 0.05) is 0 Å². The average Bonchev–Trinajstić information content (AvgIpc) is 3.70. The summed E-state index contributed by atoms with van der Waals surface area (Å²) in [5, 5.41) is 0. The van der Waals surface area contributed by atoms with Gasteiger partial charge in [-0.3, -0.25) is 0 Å². The maximum absolute atomic E-state index is 2.22. The van der Waals surface area contributed by atoms with Crippen LogP contribution in [0.3, 0.4) is 0 Å². The van der Waals surface area contributed by atoms with Gasteiger partial charge in [-0.05, 0) is 172 Å². The second-order valence-electron chi connectivity index (χ2n) is 22.2. The Kier molecular flexibility index (Phi) is 23.5. The third-order valence-corrected chi connectivity index (χ3v) is 14.8. The molecule has 0 aliphatic rings. The van der Waals surface area contributed by atoms with E-state index in [0.717, 1.165) is 0 Å². The first-order chi connectivity index (χ1) is 40.6. The molecule has 0 spiro atoms. The van der Waals surface area contributed by atoms with E-state index in [1.807, 2.05) is 0 Å². The molecule has 0 aromatic heterocycles. The third kappa shape index (κ3) is 19.4. The molecule has 0 radical (unpaired) electrons. The molecule has 0 unspecified atom stereocenters. The second kappa shape index (κ2) is 31.7. The van der Waals surface area contributed by atoms with E-state index < -0.39 is 0 Å². The van der Waals surface area contributed by atoms with Crippen molar-refractivity contribution in [2.24, 2.45) is 0 Å². The fourth-order valence-electron chi connectivity index (χ4n) is 9.80. The van der Waals surface area contributed by atoms with E-state index in [0.29, 0.717) is 0 Å². The molecule has 0 N–H and O–H groups in total. The largest absolute Gasteiger partial charge is 0.0620 e. The quantitative estimate of drug-likeness (QED) is 0.156. The summed E-state index contributed by atoms with van der Waals surface area (Å²) < 4.78 is 0. The van der Waals surface area contributed by atoms with Gasteiger partial charge in [0.1, 0.15) is 0 Å². The summed E-state index contributed by atoms with van der Waals surface area (Å²) in [5.41, 5.74) is 31.5. The molecule has 0 heterocycles.